The summed E-state index contributed by atoms with van der Waals surface area (Å²) in [4.78, 5) is 30.2. The van der Waals surface area contributed by atoms with Crippen molar-refractivity contribution in [3.63, 3.8) is 0 Å². The summed E-state index contributed by atoms with van der Waals surface area (Å²) in [5.74, 6) is 0.0947. The number of rotatable bonds is 5. The summed E-state index contributed by atoms with van der Waals surface area (Å²) in [6.45, 7) is 2.82. The Morgan fingerprint density at radius 3 is 2.86 bits per heavy atom. The molecule has 1 saturated heterocycles. The maximum Gasteiger partial charge on any atom is 0.306 e. The van der Waals surface area contributed by atoms with Crippen molar-refractivity contribution in [2.45, 2.75) is 57.4 Å². The van der Waals surface area contributed by atoms with Gasteiger partial charge in [-0.1, -0.05) is 19.4 Å². The van der Waals surface area contributed by atoms with Crippen LogP contribution in [-0.4, -0.2) is 46.6 Å². The van der Waals surface area contributed by atoms with E-state index in [1.54, 1.807) is 7.11 Å². The van der Waals surface area contributed by atoms with Crippen molar-refractivity contribution >= 4 is 22.8 Å². The number of hydrogen-bond acceptors (Lipinski definition) is 3. The number of likely N-dealkylation sites (tertiary alicyclic amines) is 1. The van der Waals surface area contributed by atoms with Crippen molar-refractivity contribution in [1.29, 1.82) is 0 Å². The van der Waals surface area contributed by atoms with Gasteiger partial charge in [0.1, 0.15) is 5.75 Å². The van der Waals surface area contributed by atoms with Crippen LogP contribution in [-0.2, 0) is 9.59 Å². The Labute approximate surface area is 171 Å². The van der Waals surface area contributed by atoms with Gasteiger partial charge in [-0.25, -0.2) is 0 Å². The second kappa shape index (κ2) is 8.09. The van der Waals surface area contributed by atoms with Crippen LogP contribution in [0.3, 0.4) is 0 Å². The summed E-state index contributed by atoms with van der Waals surface area (Å²) in [6, 6.07) is 5.99. The van der Waals surface area contributed by atoms with E-state index in [2.05, 4.69) is 11.9 Å². The molecule has 4 rings (SSSR count). The van der Waals surface area contributed by atoms with Crippen molar-refractivity contribution in [3.05, 3.63) is 30.0 Å². The fraction of sp³-hybridized carbons (Fsp3) is 0.565. The highest BCUT2D eigenvalue weighted by Crippen LogP contribution is 2.41. The Balaban J connectivity index is 1.53. The first kappa shape index (κ1) is 19.8. The van der Waals surface area contributed by atoms with Gasteiger partial charge < -0.3 is 19.7 Å². The van der Waals surface area contributed by atoms with E-state index < -0.39 is 5.97 Å². The quantitative estimate of drug-likeness (QED) is 0.792. The Morgan fingerprint density at radius 2 is 2.10 bits per heavy atom. The summed E-state index contributed by atoms with van der Waals surface area (Å²) in [5.41, 5.74) is 2.10. The average Bonchev–Trinajstić information content (AvgIpc) is 3.17. The molecule has 156 valence electrons. The fourth-order valence-corrected chi connectivity index (χ4v) is 5.53. The lowest BCUT2D eigenvalue weighted by atomic mass is 9.71. The molecule has 29 heavy (non-hydrogen) atoms. The van der Waals surface area contributed by atoms with Gasteiger partial charge >= 0.3 is 5.97 Å². The maximum absolute atomic E-state index is 13.3. The number of fused-ring (bicyclic) bond motifs is 2. The van der Waals surface area contributed by atoms with Crippen LogP contribution in [0.25, 0.3) is 10.9 Å². The van der Waals surface area contributed by atoms with E-state index in [-0.39, 0.29) is 29.7 Å². The van der Waals surface area contributed by atoms with Crippen LogP contribution in [0.2, 0.25) is 0 Å². The fourth-order valence-electron chi connectivity index (χ4n) is 5.53. The van der Waals surface area contributed by atoms with Gasteiger partial charge in [-0.3, -0.25) is 9.59 Å². The molecule has 1 amide bonds. The Bertz CT molecular complexity index is 905. The lowest BCUT2D eigenvalue weighted by Crippen LogP contribution is -2.53. The molecule has 4 atom stereocenters. The maximum atomic E-state index is 13.3. The molecule has 1 aromatic carbocycles. The molecule has 6 nitrogen and oxygen atoms in total. The highest BCUT2D eigenvalue weighted by Gasteiger charge is 2.43. The number of aliphatic carboxylic acids is 1. The van der Waals surface area contributed by atoms with Gasteiger partial charge in [0.25, 0.3) is 0 Å². The van der Waals surface area contributed by atoms with Crippen LogP contribution in [0.15, 0.2) is 24.4 Å². The number of ether oxygens (including phenoxy) is 1. The number of benzene rings is 1. The van der Waals surface area contributed by atoms with E-state index in [1.807, 2.05) is 29.3 Å². The monoisotopic (exact) mass is 398 g/mol. The second-order valence-corrected chi connectivity index (χ2v) is 8.57. The Hall–Kier alpha value is -2.50. The predicted molar refractivity (Wildman–Crippen MR) is 111 cm³/mol. The molecule has 2 aliphatic rings. The van der Waals surface area contributed by atoms with Crippen molar-refractivity contribution in [2.75, 3.05) is 13.7 Å². The second-order valence-electron chi connectivity index (χ2n) is 8.57. The minimum absolute atomic E-state index is 0.0480. The van der Waals surface area contributed by atoms with E-state index in [0.717, 1.165) is 60.9 Å². The van der Waals surface area contributed by atoms with Crippen LogP contribution >= 0.6 is 0 Å². The number of carboxylic acids is 1. The van der Waals surface area contributed by atoms with E-state index in [4.69, 9.17) is 4.74 Å². The average molecular weight is 399 g/mol. The van der Waals surface area contributed by atoms with Gasteiger partial charge in [0.15, 0.2) is 0 Å². The van der Waals surface area contributed by atoms with Crippen molar-refractivity contribution in [3.8, 4) is 5.75 Å². The molecule has 2 fully saturated rings. The molecule has 1 aromatic heterocycles. The number of carbonyl (C=O) groups excluding carboxylic acids is 1. The number of piperidine rings is 1. The zero-order valence-corrected chi connectivity index (χ0v) is 17.2. The normalized spacial score (nSPS) is 25.4. The zero-order valence-electron chi connectivity index (χ0n) is 17.2. The summed E-state index contributed by atoms with van der Waals surface area (Å²) >= 11 is 0. The first-order valence-corrected chi connectivity index (χ1v) is 10.7. The predicted octanol–water partition coefficient (Wildman–Crippen LogP) is 4.16. The summed E-state index contributed by atoms with van der Waals surface area (Å²) in [5, 5.41) is 10.6. The molecule has 4 unspecified atom stereocenters. The number of aromatic nitrogens is 1. The number of amides is 1. The van der Waals surface area contributed by atoms with Crippen LogP contribution in [0.5, 0.6) is 5.75 Å². The van der Waals surface area contributed by atoms with Gasteiger partial charge in [-0.2, -0.15) is 0 Å². The molecule has 2 aromatic rings. The van der Waals surface area contributed by atoms with Gasteiger partial charge in [-0.05, 0) is 55.2 Å². The lowest BCUT2D eigenvalue weighted by molar-refractivity contribution is -0.152. The number of aromatic amines is 1. The highest BCUT2D eigenvalue weighted by atomic mass is 16.5. The first-order valence-electron chi connectivity index (χ1n) is 10.7. The minimum atomic E-state index is -0.701. The molecule has 1 saturated carbocycles. The summed E-state index contributed by atoms with van der Waals surface area (Å²) in [6.07, 6.45) is 6.76. The molecule has 2 N–H and O–H groups in total. The van der Waals surface area contributed by atoms with Gasteiger partial charge in [0.2, 0.25) is 5.91 Å². The van der Waals surface area contributed by atoms with E-state index in [9.17, 15) is 14.7 Å². The van der Waals surface area contributed by atoms with Crippen LogP contribution in [0.4, 0.5) is 0 Å². The Morgan fingerprint density at radius 1 is 1.28 bits per heavy atom. The number of hydrogen-bond donors (Lipinski definition) is 2. The summed E-state index contributed by atoms with van der Waals surface area (Å²) < 4.78 is 5.53. The van der Waals surface area contributed by atoms with Crippen molar-refractivity contribution in [2.24, 2.45) is 11.8 Å². The standard InChI is InChI=1S/C23H30N2O4/c1-14(17-13-24-18-8-4-10-20(29-2)22(17)18)12-21(26)25-11-5-7-15-16(23(27)28)6-3-9-19(15)25/h4,8,10,13-16,19,24H,3,5-7,9,11-12H2,1-2H3,(H,27,28). The van der Waals surface area contributed by atoms with E-state index in [1.165, 1.54) is 0 Å². The van der Waals surface area contributed by atoms with Gasteiger partial charge in [0.05, 0.1) is 13.0 Å². The van der Waals surface area contributed by atoms with Gasteiger partial charge in [0, 0.05) is 36.1 Å². The molecule has 0 radical (unpaired) electrons. The lowest BCUT2D eigenvalue weighted by Gasteiger charge is -2.46. The molecule has 1 aliphatic carbocycles. The third-order valence-corrected chi connectivity index (χ3v) is 6.93. The smallest absolute Gasteiger partial charge is 0.306 e. The van der Waals surface area contributed by atoms with Crippen LogP contribution in [0, 0.1) is 11.8 Å². The molecule has 1 aliphatic heterocycles. The van der Waals surface area contributed by atoms with Crippen LogP contribution < -0.4 is 4.74 Å². The molecule has 0 bridgehead atoms. The van der Waals surface area contributed by atoms with Crippen molar-refractivity contribution in [1.82, 2.24) is 9.88 Å². The molecule has 2 heterocycles. The number of nitrogens with one attached hydrogen (secondary N) is 1. The Kier molecular flexibility index (Phi) is 5.52. The number of methoxy groups -OCH3 is 1. The van der Waals surface area contributed by atoms with E-state index in [0.29, 0.717) is 6.42 Å². The topological polar surface area (TPSA) is 82.6 Å². The zero-order chi connectivity index (χ0) is 20.5. The highest BCUT2D eigenvalue weighted by molar-refractivity contribution is 5.90. The number of carbonyl (C=O) groups is 2. The SMILES string of the molecule is COc1cccc2[nH]cc(C(C)CC(=O)N3CCCC4C(C(=O)O)CCCC43)c12. The number of H-pyrrole nitrogens is 1. The minimum Gasteiger partial charge on any atom is -0.496 e. The number of carboxylic acid groups (broad SMARTS) is 1. The van der Waals surface area contributed by atoms with Crippen molar-refractivity contribution < 1.29 is 19.4 Å². The summed E-state index contributed by atoms with van der Waals surface area (Å²) in [7, 11) is 1.66. The molecular formula is C23H30N2O4. The molecule has 0 spiro atoms. The van der Waals surface area contributed by atoms with E-state index >= 15 is 0 Å². The molecule has 6 heteroatoms. The number of nitrogens with zero attached hydrogens (tertiary/aromatic N) is 1. The first-order chi connectivity index (χ1) is 14.0. The van der Waals surface area contributed by atoms with Gasteiger partial charge in [-0.15, -0.1) is 0 Å². The third kappa shape index (κ3) is 3.61. The molecular weight excluding hydrogens is 368 g/mol. The van der Waals surface area contributed by atoms with Crippen LogP contribution in [0.1, 0.15) is 56.9 Å². The largest absolute Gasteiger partial charge is 0.496 e. The third-order valence-electron chi connectivity index (χ3n) is 6.93.